The van der Waals surface area contributed by atoms with E-state index in [0.717, 1.165) is 25.9 Å². The molecule has 0 saturated carbocycles. The fourth-order valence-electron chi connectivity index (χ4n) is 3.09. The monoisotopic (exact) mass is 399 g/mol. The molecule has 26 heavy (non-hydrogen) atoms. The van der Waals surface area contributed by atoms with Crippen LogP contribution in [0.1, 0.15) is 25.7 Å². The summed E-state index contributed by atoms with van der Waals surface area (Å²) in [4.78, 5) is 18.7. The summed E-state index contributed by atoms with van der Waals surface area (Å²) >= 11 is 1.35. The van der Waals surface area contributed by atoms with E-state index in [2.05, 4.69) is 4.98 Å². The molecule has 0 spiro atoms. The van der Waals surface area contributed by atoms with E-state index in [-0.39, 0.29) is 10.8 Å². The molecule has 2 fully saturated rings. The summed E-state index contributed by atoms with van der Waals surface area (Å²) in [6.45, 7) is 3.23. The second-order valence-corrected chi connectivity index (χ2v) is 9.37. The lowest BCUT2D eigenvalue weighted by atomic mass is 10.2. The maximum Gasteiger partial charge on any atom is 0.244 e. The van der Waals surface area contributed by atoms with Gasteiger partial charge in [0, 0.05) is 32.4 Å². The van der Waals surface area contributed by atoms with Crippen molar-refractivity contribution in [1.29, 1.82) is 0 Å². The Morgan fingerprint density at radius 3 is 2.38 bits per heavy atom. The minimum absolute atomic E-state index is 0.128. The van der Waals surface area contributed by atoms with E-state index in [1.807, 2.05) is 4.90 Å². The maximum absolute atomic E-state index is 12.6. The SMILES string of the molecule is O=C(CSc1ccc(S(=O)(=O)N2CCOCC2)cn1)N1CCCCCC1. The zero-order chi connectivity index (χ0) is 18.4. The van der Waals surface area contributed by atoms with Crippen molar-refractivity contribution in [3.8, 4) is 0 Å². The molecule has 1 aromatic heterocycles. The Morgan fingerprint density at radius 2 is 1.77 bits per heavy atom. The molecule has 0 unspecified atom stereocenters. The standard InChI is InChI=1S/C17H25N3O4S2/c21-17(19-7-3-1-2-4-8-19)14-25-16-6-5-15(13-18-16)26(22,23)20-9-11-24-12-10-20/h5-6,13H,1-4,7-12,14H2. The number of thioether (sulfide) groups is 1. The molecule has 0 aliphatic carbocycles. The molecule has 3 heterocycles. The average Bonchev–Trinajstić information content (AvgIpc) is 2.97. The summed E-state index contributed by atoms with van der Waals surface area (Å²) in [6, 6.07) is 3.24. The van der Waals surface area contributed by atoms with Gasteiger partial charge in [-0.05, 0) is 25.0 Å². The number of likely N-dealkylation sites (tertiary alicyclic amines) is 1. The number of amides is 1. The number of ether oxygens (including phenoxy) is 1. The Labute approximate surface area is 159 Å². The quantitative estimate of drug-likeness (QED) is 0.700. The number of carbonyl (C=O) groups is 1. The van der Waals surface area contributed by atoms with Gasteiger partial charge in [0.1, 0.15) is 4.90 Å². The van der Waals surface area contributed by atoms with E-state index in [1.54, 1.807) is 12.1 Å². The molecule has 2 aliphatic heterocycles. The zero-order valence-electron chi connectivity index (χ0n) is 14.8. The van der Waals surface area contributed by atoms with Gasteiger partial charge < -0.3 is 9.64 Å². The van der Waals surface area contributed by atoms with E-state index in [0.29, 0.717) is 37.1 Å². The highest BCUT2D eigenvalue weighted by Crippen LogP contribution is 2.21. The number of carbonyl (C=O) groups excluding carboxylic acids is 1. The minimum Gasteiger partial charge on any atom is -0.379 e. The van der Waals surface area contributed by atoms with Crippen LogP contribution < -0.4 is 0 Å². The molecule has 3 rings (SSSR count). The minimum atomic E-state index is -3.52. The number of aromatic nitrogens is 1. The highest BCUT2D eigenvalue weighted by atomic mass is 32.2. The number of rotatable bonds is 5. The smallest absolute Gasteiger partial charge is 0.244 e. The van der Waals surface area contributed by atoms with Crippen LogP contribution in [0.5, 0.6) is 0 Å². The molecule has 0 bridgehead atoms. The van der Waals surface area contributed by atoms with E-state index in [9.17, 15) is 13.2 Å². The Kier molecular flexibility index (Phi) is 6.91. The third-order valence-corrected chi connectivity index (χ3v) is 7.43. The molecular formula is C17H25N3O4S2. The van der Waals surface area contributed by atoms with Gasteiger partial charge in [-0.15, -0.1) is 0 Å². The lowest BCUT2D eigenvalue weighted by Gasteiger charge is -2.25. The lowest BCUT2D eigenvalue weighted by molar-refractivity contribution is -0.128. The molecule has 0 aromatic carbocycles. The number of nitrogens with zero attached hydrogens (tertiary/aromatic N) is 3. The molecule has 144 valence electrons. The fourth-order valence-corrected chi connectivity index (χ4v) is 5.19. The summed E-state index contributed by atoms with van der Waals surface area (Å²) < 4.78 is 31.8. The van der Waals surface area contributed by atoms with E-state index >= 15 is 0 Å². The molecule has 0 atom stereocenters. The van der Waals surface area contributed by atoms with Crippen LogP contribution in [0.4, 0.5) is 0 Å². The van der Waals surface area contributed by atoms with Crippen molar-refractivity contribution in [1.82, 2.24) is 14.2 Å². The molecule has 0 N–H and O–H groups in total. The molecule has 2 saturated heterocycles. The van der Waals surface area contributed by atoms with Crippen LogP contribution in [0, 0.1) is 0 Å². The van der Waals surface area contributed by atoms with Crippen molar-refractivity contribution in [3.63, 3.8) is 0 Å². The average molecular weight is 400 g/mol. The summed E-state index contributed by atoms with van der Waals surface area (Å²) in [5.74, 6) is 0.464. The second kappa shape index (κ2) is 9.16. The normalized spacial score (nSPS) is 19.9. The van der Waals surface area contributed by atoms with Crippen LogP contribution in [-0.4, -0.2) is 73.7 Å². The zero-order valence-corrected chi connectivity index (χ0v) is 16.4. The molecule has 2 aliphatic rings. The van der Waals surface area contributed by atoms with Crippen LogP contribution in [0.25, 0.3) is 0 Å². The Bertz CT molecular complexity index is 695. The molecule has 9 heteroatoms. The molecule has 7 nitrogen and oxygen atoms in total. The van der Waals surface area contributed by atoms with Crippen LogP contribution >= 0.6 is 11.8 Å². The van der Waals surface area contributed by atoms with Gasteiger partial charge in [0.25, 0.3) is 0 Å². The summed E-state index contributed by atoms with van der Waals surface area (Å²) in [6.07, 6.45) is 5.91. The number of sulfonamides is 1. The van der Waals surface area contributed by atoms with Gasteiger partial charge in [-0.1, -0.05) is 24.6 Å². The lowest BCUT2D eigenvalue weighted by Crippen LogP contribution is -2.40. The first-order valence-corrected chi connectivity index (χ1v) is 11.4. The van der Waals surface area contributed by atoms with Crippen LogP contribution in [0.3, 0.4) is 0 Å². The highest BCUT2D eigenvalue weighted by Gasteiger charge is 2.26. The number of morpholine rings is 1. The summed E-state index contributed by atoms with van der Waals surface area (Å²) in [5, 5.41) is 0.661. The van der Waals surface area contributed by atoms with Gasteiger partial charge in [-0.25, -0.2) is 13.4 Å². The van der Waals surface area contributed by atoms with Crippen LogP contribution in [-0.2, 0) is 19.6 Å². The predicted molar refractivity (Wildman–Crippen MR) is 99.6 cm³/mol. The number of pyridine rings is 1. The van der Waals surface area contributed by atoms with Crippen LogP contribution in [0.15, 0.2) is 28.3 Å². The summed E-state index contributed by atoms with van der Waals surface area (Å²) in [7, 11) is -3.52. The third kappa shape index (κ3) is 4.97. The largest absolute Gasteiger partial charge is 0.379 e. The second-order valence-electron chi connectivity index (χ2n) is 6.43. The molecular weight excluding hydrogens is 374 g/mol. The van der Waals surface area contributed by atoms with Crippen molar-refractivity contribution in [2.24, 2.45) is 0 Å². The van der Waals surface area contributed by atoms with Gasteiger partial charge in [-0.2, -0.15) is 4.31 Å². The van der Waals surface area contributed by atoms with Gasteiger partial charge in [0.15, 0.2) is 0 Å². The number of hydrogen-bond donors (Lipinski definition) is 0. The van der Waals surface area contributed by atoms with Crippen LogP contribution in [0.2, 0.25) is 0 Å². The molecule has 1 amide bonds. The van der Waals surface area contributed by atoms with E-state index in [4.69, 9.17) is 4.74 Å². The maximum atomic E-state index is 12.6. The Hall–Kier alpha value is -1.16. The Morgan fingerprint density at radius 1 is 1.08 bits per heavy atom. The number of hydrogen-bond acceptors (Lipinski definition) is 6. The first kappa shape index (κ1) is 19.6. The first-order chi connectivity index (χ1) is 12.6. The van der Waals surface area contributed by atoms with Crippen molar-refractivity contribution < 1.29 is 17.9 Å². The summed E-state index contributed by atoms with van der Waals surface area (Å²) in [5.41, 5.74) is 0. The third-order valence-electron chi connectivity index (χ3n) is 4.62. The van der Waals surface area contributed by atoms with Gasteiger partial charge in [-0.3, -0.25) is 4.79 Å². The van der Waals surface area contributed by atoms with E-state index in [1.165, 1.54) is 35.1 Å². The Balaban J connectivity index is 1.56. The van der Waals surface area contributed by atoms with Crippen molar-refractivity contribution in [2.45, 2.75) is 35.6 Å². The van der Waals surface area contributed by atoms with Gasteiger partial charge in [0.2, 0.25) is 15.9 Å². The first-order valence-electron chi connectivity index (χ1n) is 9.02. The van der Waals surface area contributed by atoms with E-state index < -0.39 is 10.0 Å². The van der Waals surface area contributed by atoms with Crippen molar-refractivity contribution in [2.75, 3.05) is 45.1 Å². The van der Waals surface area contributed by atoms with Gasteiger partial charge >= 0.3 is 0 Å². The molecule has 1 aromatic rings. The highest BCUT2D eigenvalue weighted by molar-refractivity contribution is 7.99. The molecule has 0 radical (unpaired) electrons. The van der Waals surface area contributed by atoms with Crippen molar-refractivity contribution >= 4 is 27.7 Å². The van der Waals surface area contributed by atoms with Crippen molar-refractivity contribution in [3.05, 3.63) is 18.3 Å². The fraction of sp³-hybridized carbons (Fsp3) is 0.647. The predicted octanol–water partition coefficient (Wildman–Crippen LogP) is 1.60. The topological polar surface area (TPSA) is 79.8 Å². The van der Waals surface area contributed by atoms with Gasteiger partial charge in [0.05, 0.1) is 24.0 Å².